The second kappa shape index (κ2) is 3.34. The van der Waals surface area contributed by atoms with Crippen LogP contribution in [0.1, 0.15) is 40.0 Å². The molecule has 18 heavy (non-hydrogen) atoms. The number of hydrogen-bond acceptors (Lipinski definition) is 3. The highest BCUT2D eigenvalue weighted by molar-refractivity contribution is 6.14. The van der Waals surface area contributed by atoms with Crippen LogP contribution >= 0.6 is 0 Å². The molecule has 0 radical (unpaired) electrons. The first-order valence-corrected chi connectivity index (χ1v) is 6.54. The van der Waals surface area contributed by atoms with Gasteiger partial charge in [-0.25, -0.2) is 4.79 Å². The molecule has 2 aliphatic carbocycles. The zero-order chi connectivity index (χ0) is 13.1. The topological polar surface area (TPSA) is 43.4 Å². The fraction of sp³-hybridized carbons (Fsp3) is 0.600. The van der Waals surface area contributed by atoms with Crippen LogP contribution in [0, 0.1) is 10.8 Å². The highest BCUT2D eigenvalue weighted by atomic mass is 16.5. The maximum Gasteiger partial charge on any atom is 0.335 e. The van der Waals surface area contributed by atoms with E-state index in [2.05, 4.69) is 20.8 Å². The lowest BCUT2D eigenvalue weighted by Gasteiger charge is -2.47. The van der Waals surface area contributed by atoms with E-state index >= 15 is 0 Å². The second-order valence-corrected chi connectivity index (χ2v) is 6.42. The van der Waals surface area contributed by atoms with Crippen LogP contribution in [0.2, 0.25) is 0 Å². The third kappa shape index (κ3) is 1.30. The normalized spacial score (nSPS) is 33.8. The largest absolute Gasteiger partial charge is 0.457 e. The SMILES string of the molecule is CC1(C)CCC[C@@]2(C)C1=CC(=O)C1=C2C(=O)OC1. The minimum atomic E-state index is -0.293. The standard InChI is InChI=1S/C15H18O3/c1-14(2)5-4-6-15(3)11(14)7-10(16)9-8-18-13(17)12(9)15/h7H,4-6,8H2,1-3H3/t15-/m0/s1. The minimum Gasteiger partial charge on any atom is -0.457 e. The van der Waals surface area contributed by atoms with Gasteiger partial charge in [-0.15, -0.1) is 0 Å². The van der Waals surface area contributed by atoms with Crippen molar-refractivity contribution in [2.45, 2.75) is 40.0 Å². The Labute approximate surface area is 107 Å². The van der Waals surface area contributed by atoms with Gasteiger partial charge in [-0.1, -0.05) is 32.8 Å². The number of cyclic esters (lactones) is 1. The molecule has 0 aromatic rings. The quantitative estimate of drug-likeness (QED) is 0.617. The summed E-state index contributed by atoms with van der Waals surface area (Å²) < 4.78 is 5.09. The lowest BCUT2D eigenvalue weighted by molar-refractivity contribution is -0.137. The summed E-state index contributed by atoms with van der Waals surface area (Å²) in [5, 5.41) is 0. The van der Waals surface area contributed by atoms with Crippen molar-refractivity contribution in [1.82, 2.24) is 0 Å². The van der Waals surface area contributed by atoms with E-state index in [9.17, 15) is 9.59 Å². The molecule has 1 aliphatic heterocycles. The predicted molar refractivity (Wildman–Crippen MR) is 66.8 cm³/mol. The van der Waals surface area contributed by atoms with Gasteiger partial charge in [-0.3, -0.25) is 4.79 Å². The number of hydrogen-bond donors (Lipinski definition) is 0. The summed E-state index contributed by atoms with van der Waals surface area (Å²) >= 11 is 0. The molecule has 0 aromatic heterocycles. The Hall–Kier alpha value is -1.38. The van der Waals surface area contributed by atoms with Crippen molar-refractivity contribution in [1.29, 1.82) is 0 Å². The van der Waals surface area contributed by atoms with Crippen molar-refractivity contribution in [3.8, 4) is 0 Å². The van der Waals surface area contributed by atoms with E-state index in [0.29, 0.717) is 11.1 Å². The molecule has 0 N–H and O–H groups in total. The smallest absolute Gasteiger partial charge is 0.335 e. The summed E-state index contributed by atoms with van der Waals surface area (Å²) in [7, 11) is 0. The molecule has 1 heterocycles. The number of ether oxygens (including phenoxy) is 1. The second-order valence-electron chi connectivity index (χ2n) is 6.42. The molecule has 1 atom stereocenters. The number of fused-ring (bicyclic) bond motifs is 2. The molecule has 0 aromatic carbocycles. The van der Waals surface area contributed by atoms with E-state index in [0.717, 1.165) is 24.8 Å². The number of ketones is 1. The molecule has 1 fully saturated rings. The van der Waals surface area contributed by atoms with Crippen molar-refractivity contribution >= 4 is 11.8 Å². The van der Waals surface area contributed by atoms with E-state index in [1.165, 1.54) is 0 Å². The monoisotopic (exact) mass is 246 g/mol. The molecular formula is C15H18O3. The van der Waals surface area contributed by atoms with Gasteiger partial charge in [-0.2, -0.15) is 0 Å². The van der Waals surface area contributed by atoms with E-state index in [1.54, 1.807) is 6.08 Å². The minimum absolute atomic E-state index is 0.00986. The predicted octanol–water partition coefficient (Wildman–Crippen LogP) is 2.57. The van der Waals surface area contributed by atoms with Gasteiger partial charge in [0.25, 0.3) is 0 Å². The zero-order valence-corrected chi connectivity index (χ0v) is 11.1. The Morgan fingerprint density at radius 2 is 1.89 bits per heavy atom. The van der Waals surface area contributed by atoms with Crippen LogP contribution in [0.3, 0.4) is 0 Å². The highest BCUT2D eigenvalue weighted by Crippen LogP contribution is 2.57. The van der Waals surface area contributed by atoms with Gasteiger partial charge in [0.05, 0.1) is 5.57 Å². The summed E-state index contributed by atoms with van der Waals surface area (Å²) in [5.74, 6) is -0.317. The summed E-state index contributed by atoms with van der Waals surface area (Å²) in [6.45, 7) is 6.58. The first kappa shape index (κ1) is 11.7. The van der Waals surface area contributed by atoms with Gasteiger partial charge in [-0.05, 0) is 24.3 Å². The first-order valence-electron chi connectivity index (χ1n) is 6.54. The van der Waals surface area contributed by atoms with E-state index in [1.807, 2.05) is 0 Å². The number of rotatable bonds is 0. The lowest BCUT2D eigenvalue weighted by atomic mass is 9.55. The molecular weight excluding hydrogens is 228 g/mol. The van der Waals surface area contributed by atoms with Gasteiger partial charge in [0.1, 0.15) is 6.61 Å². The lowest BCUT2D eigenvalue weighted by Crippen LogP contribution is -2.40. The average molecular weight is 246 g/mol. The molecule has 3 rings (SSSR count). The maximum absolute atomic E-state index is 12.1. The molecule has 1 saturated carbocycles. The number of allylic oxidation sites excluding steroid dienone is 2. The van der Waals surface area contributed by atoms with Crippen molar-refractivity contribution in [2.75, 3.05) is 6.61 Å². The molecule has 3 nitrogen and oxygen atoms in total. The molecule has 96 valence electrons. The van der Waals surface area contributed by atoms with Crippen LogP contribution < -0.4 is 0 Å². The van der Waals surface area contributed by atoms with Crippen molar-refractivity contribution < 1.29 is 14.3 Å². The Kier molecular flexibility index (Phi) is 2.17. The Morgan fingerprint density at radius 3 is 2.61 bits per heavy atom. The fourth-order valence-corrected chi connectivity index (χ4v) is 3.89. The van der Waals surface area contributed by atoms with E-state index < -0.39 is 0 Å². The van der Waals surface area contributed by atoms with Crippen molar-refractivity contribution in [3.63, 3.8) is 0 Å². The molecule has 0 spiro atoms. The molecule has 0 saturated heterocycles. The summed E-state index contributed by atoms with van der Waals surface area (Å²) in [4.78, 5) is 24.1. The summed E-state index contributed by atoms with van der Waals surface area (Å²) in [6.07, 6.45) is 4.85. The van der Waals surface area contributed by atoms with Crippen LogP contribution in [0.5, 0.6) is 0 Å². The zero-order valence-electron chi connectivity index (χ0n) is 11.1. The Bertz CT molecular complexity index is 522. The van der Waals surface area contributed by atoms with Crippen LogP contribution in [0.25, 0.3) is 0 Å². The van der Waals surface area contributed by atoms with E-state index in [4.69, 9.17) is 4.74 Å². The highest BCUT2D eigenvalue weighted by Gasteiger charge is 2.52. The van der Waals surface area contributed by atoms with Gasteiger partial charge < -0.3 is 4.74 Å². The average Bonchev–Trinajstić information content (AvgIpc) is 2.66. The molecule has 3 aliphatic rings. The van der Waals surface area contributed by atoms with Crippen molar-refractivity contribution in [2.24, 2.45) is 10.8 Å². The number of carbonyl (C=O) groups is 2. The fourth-order valence-electron chi connectivity index (χ4n) is 3.89. The van der Waals surface area contributed by atoms with Gasteiger partial charge >= 0.3 is 5.97 Å². The summed E-state index contributed by atoms with van der Waals surface area (Å²) in [6, 6.07) is 0. The van der Waals surface area contributed by atoms with Crippen molar-refractivity contribution in [3.05, 3.63) is 22.8 Å². The Morgan fingerprint density at radius 1 is 1.17 bits per heavy atom. The summed E-state index contributed by atoms with van der Waals surface area (Å²) in [5.41, 5.74) is 2.04. The van der Waals surface area contributed by atoms with Crippen LogP contribution in [-0.4, -0.2) is 18.4 Å². The van der Waals surface area contributed by atoms with Crippen LogP contribution in [0.15, 0.2) is 22.8 Å². The molecule has 0 bridgehead atoms. The number of esters is 1. The third-order valence-corrected chi connectivity index (χ3v) is 4.78. The van der Waals surface area contributed by atoms with Gasteiger partial charge in [0.15, 0.2) is 5.78 Å². The van der Waals surface area contributed by atoms with Gasteiger partial charge in [0.2, 0.25) is 0 Å². The van der Waals surface area contributed by atoms with E-state index in [-0.39, 0.29) is 29.2 Å². The molecule has 0 unspecified atom stereocenters. The first-order chi connectivity index (χ1) is 8.36. The van der Waals surface area contributed by atoms with Gasteiger partial charge in [0, 0.05) is 11.0 Å². The Balaban J connectivity index is 2.20. The van der Waals surface area contributed by atoms with Crippen LogP contribution in [0.4, 0.5) is 0 Å². The third-order valence-electron chi connectivity index (χ3n) is 4.78. The molecule has 0 amide bonds. The maximum atomic E-state index is 12.1. The molecule has 3 heteroatoms. The van der Waals surface area contributed by atoms with Crippen LogP contribution in [-0.2, 0) is 14.3 Å². The number of carbonyl (C=O) groups excluding carboxylic acids is 2.